The van der Waals surface area contributed by atoms with Crippen molar-refractivity contribution in [2.75, 3.05) is 33.7 Å². The molecule has 0 unspecified atom stereocenters. The first kappa shape index (κ1) is 15.8. The SMILES string of the molecule is CN1CCC(CN(C)Cc2ccc(C(N)=NO)cc2)CC1. The summed E-state index contributed by atoms with van der Waals surface area (Å²) in [7, 11) is 4.37. The second-order valence-corrected chi connectivity index (χ2v) is 6.13. The number of benzene rings is 1. The van der Waals surface area contributed by atoms with E-state index in [0.29, 0.717) is 0 Å². The Hall–Kier alpha value is -1.59. The minimum atomic E-state index is 0.154. The van der Waals surface area contributed by atoms with Crippen molar-refractivity contribution in [3.05, 3.63) is 35.4 Å². The summed E-state index contributed by atoms with van der Waals surface area (Å²) < 4.78 is 0. The van der Waals surface area contributed by atoms with E-state index in [0.717, 1.165) is 24.6 Å². The molecular formula is C16H26N4O. The number of likely N-dealkylation sites (tertiary alicyclic amines) is 1. The second-order valence-electron chi connectivity index (χ2n) is 6.13. The molecule has 1 aromatic rings. The van der Waals surface area contributed by atoms with Gasteiger partial charge in [0.05, 0.1) is 0 Å². The minimum Gasteiger partial charge on any atom is -0.409 e. The van der Waals surface area contributed by atoms with E-state index in [1.165, 1.54) is 31.5 Å². The fraction of sp³-hybridized carbons (Fsp3) is 0.562. The molecular weight excluding hydrogens is 264 g/mol. The van der Waals surface area contributed by atoms with Crippen LogP contribution in [0.1, 0.15) is 24.0 Å². The van der Waals surface area contributed by atoms with Gasteiger partial charge >= 0.3 is 0 Å². The Labute approximate surface area is 127 Å². The van der Waals surface area contributed by atoms with Gasteiger partial charge in [-0.05, 0) is 51.5 Å². The van der Waals surface area contributed by atoms with E-state index >= 15 is 0 Å². The lowest BCUT2D eigenvalue weighted by atomic mass is 9.96. The number of piperidine rings is 1. The van der Waals surface area contributed by atoms with Crippen LogP contribution in [0.3, 0.4) is 0 Å². The molecule has 1 aromatic carbocycles. The summed E-state index contributed by atoms with van der Waals surface area (Å²) in [6.07, 6.45) is 2.59. The Morgan fingerprint density at radius 1 is 1.33 bits per heavy atom. The third-order valence-electron chi connectivity index (χ3n) is 4.22. The molecule has 5 nitrogen and oxygen atoms in total. The van der Waals surface area contributed by atoms with Gasteiger partial charge in [-0.15, -0.1) is 0 Å². The highest BCUT2D eigenvalue weighted by Gasteiger charge is 2.18. The van der Waals surface area contributed by atoms with Gasteiger partial charge in [-0.2, -0.15) is 0 Å². The average Bonchev–Trinajstić information content (AvgIpc) is 2.49. The number of nitrogens with zero attached hydrogens (tertiary/aromatic N) is 3. The van der Waals surface area contributed by atoms with Gasteiger partial charge in [0, 0.05) is 18.7 Å². The van der Waals surface area contributed by atoms with Crippen molar-refractivity contribution < 1.29 is 5.21 Å². The molecule has 1 aliphatic rings. The van der Waals surface area contributed by atoms with Crippen LogP contribution < -0.4 is 5.73 Å². The Morgan fingerprint density at radius 2 is 1.95 bits per heavy atom. The van der Waals surface area contributed by atoms with E-state index in [4.69, 9.17) is 10.9 Å². The topological polar surface area (TPSA) is 65.1 Å². The maximum absolute atomic E-state index is 8.66. The molecule has 3 N–H and O–H groups in total. The van der Waals surface area contributed by atoms with Crippen molar-refractivity contribution in [1.29, 1.82) is 0 Å². The monoisotopic (exact) mass is 290 g/mol. The number of nitrogens with two attached hydrogens (primary N) is 1. The lowest BCUT2D eigenvalue weighted by molar-refractivity contribution is 0.173. The van der Waals surface area contributed by atoms with Crippen LogP contribution in [0, 0.1) is 5.92 Å². The third-order valence-corrected chi connectivity index (χ3v) is 4.22. The first-order valence-corrected chi connectivity index (χ1v) is 7.52. The minimum absolute atomic E-state index is 0.154. The molecule has 5 heteroatoms. The number of oxime groups is 1. The predicted molar refractivity (Wildman–Crippen MR) is 85.5 cm³/mol. The van der Waals surface area contributed by atoms with Crippen LogP contribution in [-0.2, 0) is 6.54 Å². The van der Waals surface area contributed by atoms with E-state index in [2.05, 4.69) is 29.1 Å². The molecule has 2 rings (SSSR count). The maximum Gasteiger partial charge on any atom is 0.170 e. The molecule has 116 valence electrons. The van der Waals surface area contributed by atoms with Gasteiger partial charge in [-0.25, -0.2) is 0 Å². The fourth-order valence-electron chi connectivity index (χ4n) is 2.90. The summed E-state index contributed by atoms with van der Waals surface area (Å²) in [5.74, 6) is 0.962. The normalized spacial score (nSPS) is 18.3. The summed E-state index contributed by atoms with van der Waals surface area (Å²) >= 11 is 0. The van der Waals surface area contributed by atoms with E-state index in [9.17, 15) is 0 Å². The standard InChI is InChI=1S/C16H26N4O/c1-19-9-7-14(8-10-19)12-20(2)11-13-3-5-15(6-4-13)16(17)18-21/h3-6,14,21H,7-12H2,1-2H3,(H2,17,18). The van der Waals surface area contributed by atoms with Crippen LogP contribution in [-0.4, -0.2) is 54.6 Å². The van der Waals surface area contributed by atoms with Gasteiger partial charge < -0.3 is 20.7 Å². The van der Waals surface area contributed by atoms with Crippen LogP contribution in [0.5, 0.6) is 0 Å². The summed E-state index contributed by atoms with van der Waals surface area (Å²) in [6, 6.07) is 7.87. The van der Waals surface area contributed by atoms with Crippen molar-refractivity contribution in [3.63, 3.8) is 0 Å². The van der Waals surface area contributed by atoms with Crippen molar-refractivity contribution in [2.24, 2.45) is 16.8 Å². The number of rotatable bonds is 5. The van der Waals surface area contributed by atoms with Gasteiger partial charge in [0.1, 0.15) is 0 Å². The largest absolute Gasteiger partial charge is 0.409 e. The Balaban J connectivity index is 1.83. The van der Waals surface area contributed by atoms with Crippen molar-refractivity contribution in [3.8, 4) is 0 Å². The lowest BCUT2D eigenvalue weighted by Gasteiger charge is -2.31. The first-order chi connectivity index (χ1) is 10.1. The van der Waals surface area contributed by atoms with Crippen molar-refractivity contribution in [2.45, 2.75) is 19.4 Å². The highest BCUT2D eigenvalue weighted by atomic mass is 16.4. The molecule has 0 bridgehead atoms. The van der Waals surface area contributed by atoms with Crippen LogP contribution in [0.4, 0.5) is 0 Å². The molecule has 0 atom stereocenters. The molecule has 0 saturated carbocycles. The van der Waals surface area contributed by atoms with Crippen LogP contribution in [0.15, 0.2) is 29.4 Å². The van der Waals surface area contributed by atoms with Gasteiger partial charge in [0.2, 0.25) is 0 Å². The van der Waals surface area contributed by atoms with Gasteiger partial charge in [0.25, 0.3) is 0 Å². The number of amidine groups is 1. The maximum atomic E-state index is 8.66. The quantitative estimate of drug-likeness (QED) is 0.374. The van der Waals surface area contributed by atoms with E-state index in [1.54, 1.807) is 0 Å². The Bertz CT molecular complexity index is 464. The van der Waals surface area contributed by atoms with Crippen LogP contribution in [0.25, 0.3) is 0 Å². The lowest BCUT2D eigenvalue weighted by Crippen LogP contribution is -2.35. The second kappa shape index (κ2) is 7.43. The van der Waals surface area contributed by atoms with Gasteiger partial charge in [-0.1, -0.05) is 29.4 Å². The zero-order valence-corrected chi connectivity index (χ0v) is 13.0. The molecule has 1 aliphatic heterocycles. The molecule has 0 amide bonds. The summed E-state index contributed by atoms with van der Waals surface area (Å²) in [4.78, 5) is 4.79. The fourth-order valence-corrected chi connectivity index (χ4v) is 2.90. The zero-order chi connectivity index (χ0) is 15.2. The van der Waals surface area contributed by atoms with Gasteiger partial charge in [0.15, 0.2) is 5.84 Å². The third kappa shape index (κ3) is 4.72. The molecule has 21 heavy (non-hydrogen) atoms. The molecule has 0 radical (unpaired) electrons. The van der Waals surface area contributed by atoms with E-state index < -0.39 is 0 Å². The average molecular weight is 290 g/mol. The van der Waals surface area contributed by atoms with Crippen LogP contribution >= 0.6 is 0 Å². The summed E-state index contributed by atoms with van der Waals surface area (Å²) in [5, 5.41) is 11.7. The van der Waals surface area contributed by atoms with Crippen molar-refractivity contribution in [1.82, 2.24) is 9.80 Å². The summed E-state index contributed by atoms with van der Waals surface area (Å²) in [5.41, 5.74) is 7.57. The highest BCUT2D eigenvalue weighted by molar-refractivity contribution is 5.96. The molecule has 1 saturated heterocycles. The van der Waals surface area contributed by atoms with Crippen molar-refractivity contribution >= 4 is 5.84 Å². The molecule has 0 aromatic heterocycles. The smallest absolute Gasteiger partial charge is 0.170 e. The molecule has 0 aliphatic carbocycles. The Morgan fingerprint density at radius 3 is 2.52 bits per heavy atom. The van der Waals surface area contributed by atoms with Gasteiger partial charge in [-0.3, -0.25) is 0 Å². The zero-order valence-electron chi connectivity index (χ0n) is 13.0. The van der Waals surface area contributed by atoms with E-state index in [1.807, 2.05) is 24.3 Å². The number of hydrogen-bond donors (Lipinski definition) is 2. The van der Waals surface area contributed by atoms with E-state index in [-0.39, 0.29) is 5.84 Å². The highest BCUT2D eigenvalue weighted by Crippen LogP contribution is 2.17. The number of hydrogen-bond acceptors (Lipinski definition) is 4. The first-order valence-electron chi connectivity index (χ1n) is 7.52. The summed E-state index contributed by atoms with van der Waals surface area (Å²) in [6.45, 7) is 4.51. The molecule has 1 fully saturated rings. The molecule has 1 heterocycles. The Kier molecular flexibility index (Phi) is 5.59. The predicted octanol–water partition coefficient (Wildman–Crippen LogP) is 1.55. The van der Waals surface area contributed by atoms with Crippen LogP contribution in [0.2, 0.25) is 0 Å². The molecule has 0 spiro atoms.